The molecule has 1 atom stereocenters. The van der Waals surface area contributed by atoms with E-state index in [0.29, 0.717) is 10.6 Å². The van der Waals surface area contributed by atoms with Crippen molar-refractivity contribution in [3.63, 3.8) is 0 Å². The van der Waals surface area contributed by atoms with Crippen molar-refractivity contribution >= 4 is 17.6 Å². The number of hydrogen-bond acceptors (Lipinski definition) is 8. The first-order chi connectivity index (χ1) is 17.6. The monoisotopic (exact) mass is 537 g/mol. The molecule has 1 N–H and O–H groups in total. The fraction of sp³-hybridized carbons (Fsp3) is 0.273. The van der Waals surface area contributed by atoms with Crippen LogP contribution < -0.4 is 5.69 Å². The standard InChI is InChI=1S/C22H19ClF3N7O4/c1-2-37-20(35)18-15(4-3-9-27-18)33-12-28-17(29-33)11-32-21(36)31(10-16(34)22(24,25)26)19(30-32)13-5-7-14(23)8-6-13/h3-9,12,16,34H,2,10-11H2,1H3/t16-/m0/s1. The molecule has 0 bridgehead atoms. The van der Waals surface area contributed by atoms with Gasteiger partial charge in [0.25, 0.3) is 0 Å². The molecule has 3 aromatic heterocycles. The van der Waals surface area contributed by atoms with Crippen LogP contribution in [0.3, 0.4) is 0 Å². The Balaban J connectivity index is 1.69. The van der Waals surface area contributed by atoms with Crippen molar-refractivity contribution < 1.29 is 27.8 Å². The Kier molecular flexibility index (Phi) is 7.40. The molecule has 0 radical (unpaired) electrons. The number of nitrogens with zero attached hydrogens (tertiary/aromatic N) is 7. The van der Waals surface area contributed by atoms with Gasteiger partial charge in [0, 0.05) is 16.8 Å². The highest BCUT2D eigenvalue weighted by atomic mass is 35.5. The van der Waals surface area contributed by atoms with Crippen LogP contribution in [-0.4, -0.2) is 64.1 Å². The Bertz CT molecular complexity index is 1460. The zero-order valence-electron chi connectivity index (χ0n) is 19.1. The normalized spacial score (nSPS) is 12.5. The molecule has 0 saturated heterocycles. The summed E-state index contributed by atoms with van der Waals surface area (Å²) in [7, 11) is 0. The molecular weight excluding hydrogens is 519 g/mol. The van der Waals surface area contributed by atoms with Crippen molar-refractivity contribution in [2.45, 2.75) is 32.3 Å². The first kappa shape index (κ1) is 26.0. The maximum atomic E-state index is 13.0. The van der Waals surface area contributed by atoms with Gasteiger partial charge in [0.05, 0.1) is 18.8 Å². The minimum atomic E-state index is -4.94. The molecular formula is C22H19ClF3N7O4. The lowest BCUT2D eigenvalue weighted by Crippen LogP contribution is -2.37. The summed E-state index contributed by atoms with van der Waals surface area (Å²) in [6, 6.07) is 9.09. The van der Waals surface area contributed by atoms with E-state index in [4.69, 9.17) is 16.3 Å². The van der Waals surface area contributed by atoms with Crippen molar-refractivity contribution in [3.8, 4) is 17.1 Å². The zero-order chi connectivity index (χ0) is 26.7. The highest BCUT2D eigenvalue weighted by molar-refractivity contribution is 6.30. The van der Waals surface area contributed by atoms with Crippen molar-refractivity contribution in [1.29, 1.82) is 0 Å². The van der Waals surface area contributed by atoms with Crippen LogP contribution in [0, 0.1) is 0 Å². The predicted octanol–water partition coefficient (Wildman–Crippen LogP) is 2.49. The Morgan fingerprint density at radius 2 is 1.89 bits per heavy atom. The van der Waals surface area contributed by atoms with Gasteiger partial charge >= 0.3 is 17.8 Å². The van der Waals surface area contributed by atoms with E-state index >= 15 is 0 Å². The number of alkyl halides is 3. The fourth-order valence-electron chi connectivity index (χ4n) is 3.36. The number of benzene rings is 1. The third kappa shape index (κ3) is 5.70. The summed E-state index contributed by atoms with van der Waals surface area (Å²) < 4.78 is 47.0. The van der Waals surface area contributed by atoms with E-state index in [9.17, 15) is 27.9 Å². The molecule has 3 heterocycles. The van der Waals surface area contributed by atoms with E-state index in [0.717, 1.165) is 9.25 Å². The zero-order valence-corrected chi connectivity index (χ0v) is 19.9. The molecule has 0 fully saturated rings. The number of aliphatic hydroxyl groups is 1. The SMILES string of the molecule is CCOC(=O)c1ncccc1-n1cnc(Cn2nc(-c3ccc(Cl)cc3)n(C[C@H](O)C(F)(F)F)c2=O)n1. The summed E-state index contributed by atoms with van der Waals surface area (Å²) in [5, 5.41) is 18.4. The van der Waals surface area contributed by atoms with E-state index in [1.165, 1.54) is 41.5 Å². The maximum absolute atomic E-state index is 13.0. The Labute approximate surface area is 211 Å². The quantitative estimate of drug-likeness (QED) is 0.339. The summed E-state index contributed by atoms with van der Waals surface area (Å²) in [5.74, 6) is -0.702. The predicted molar refractivity (Wildman–Crippen MR) is 123 cm³/mol. The summed E-state index contributed by atoms with van der Waals surface area (Å²) >= 11 is 5.89. The molecule has 11 nitrogen and oxygen atoms in total. The van der Waals surface area contributed by atoms with Crippen molar-refractivity contribution in [1.82, 2.24) is 34.1 Å². The smallest absolute Gasteiger partial charge is 0.416 e. The molecule has 194 valence electrons. The molecule has 0 aliphatic carbocycles. The highest BCUT2D eigenvalue weighted by Crippen LogP contribution is 2.24. The molecule has 0 aliphatic heterocycles. The number of hydrogen-bond donors (Lipinski definition) is 1. The van der Waals surface area contributed by atoms with Gasteiger partial charge < -0.3 is 9.84 Å². The van der Waals surface area contributed by atoms with E-state index in [1.807, 2.05) is 0 Å². The van der Waals surface area contributed by atoms with Gasteiger partial charge in [0.1, 0.15) is 12.9 Å². The molecule has 0 unspecified atom stereocenters. The first-order valence-corrected chi connectivity index (χ1v) is 11.2. The lowest BCUT2D eigenvalue weighted by molar-refractivity contribution is -0.207. The number of aromatic nitrogens is 7. The number of halogens is 4. The minimum Gasteiger partial charge on any atom is -0.461 e. The van der Waals surface area contributed by atoms with Crippen LogP contribution in [0.25, 0.3) is 17.1 Å². The maximum Gasteiger partial charge on any atom is 0.416 e. The second kappa shape index (κ2) is 10.5. The molecule has 0 amide bonds. The Hall–Kier alpha value is -4.04. The topological polar surface area (TPSA) is 130 Å². The molecule has 0 aliphatic rings. The van der Waals surface area contributed by atoms with Crippen LogP contribution in [0.15, 0.2) is 53.7 Å². The number of rotatable bonds is 8. The van der Waals surface area contributed by atoms with Gasteiger partial charge in [-0.2, -0.15) is 13.2 Å². The van der Waals surface area contributed by atoms with Crippen LogP contribution >= 0.6 is 11.6 Å². The van der Waals surface area contributed by atoms with Gasteiger partial charge in [0.15, 0.2) is 23.4 Å². The fourth-order valence-corrected chi connectivity index (χ4v) is 3.48. The van der Waals surface area contributed by atoms with Crippen LogP contribution in [0.5, 0.6) is 0 Å². The molecule has 37 heavy (non-hydrogen) atoms. The van der Waals surface area contributed by atoms with Gasteiger partial charge in [-0.15, -0.1) is 10.2 Å². The lowest BCUT2D eigenvalue weighted by Gasteiger charge is -2.15. The van der Waals surface area contributed by atoms with E-state index in [-0.39, 0.29) is 36.2 Å². The van der Waals surface area contributed by atoms with E-state index < -0.39 is 30.5 Å². The van der Waals surface area contributed by atoms with Crippen molar-refractivity contribution in [2.75, 3.05) is 6.61 Å². The molecule has 0 saturated carbocycles. The van der Waals surface area contributed by atoms with Gasteiger partial charge in [-0.1, -0.05) is 11.6 Å². The minimum absolute atomic E-state index is 0.00610. The number of carbonyl (C=O) groups is 1. The number of esters is 1. The highest BCUT2D eigenvalue weighted by Gasteiger charge is 2.39. The molecule has 4 rings (SSSR count). The summed E-state index contributed by atoms with van der Waals surface area (Å²) in [6.07, 6.45) is -5.05. The van der Waals surface area contributed by atoms with Gasteiger partial charge in [-0.05, 0) is 43.3 Å². The summed E-state index contributed by atoms with van der Waals surface area (Å²) in [6.45, 7) is 0.413. The van der Waals surface area contributed by atoms with Crippen LogP contribution in [0.2, 0.25) is 5.02 Å². The van der Waals surface area contributed by atoms with Gasteiger partial charge in [0.2, 0.25) is 0 Å². The van der Waals surface area contributed by atoms with Gasteiger partial charge in [-0.25, -0.2) is 28.9 Å². The lowest BCUT2D eigenvalue weighted by atomic mass is 10.2. The van der Waals surface area contributed by atoms with Gasteiger partial charge in [-0.3, -0.25) is 4.57 Å². The summed E-state index contributed by atoms with van der Waals surface area (Å²) in [4.78, 5) is 33.4. The van der Waals surface area contributed by atoms with E-state index in [1.54, 1.807) is 19.1 Å². The van der Waals surface area contributed by atoms with Crippen LogP contribution in [-0.2, 0) is 17.8 Å². The molecule has 1 aromatic carbocycles. The Morgan fingerprint density at radius 1 is 1.16 bits per heavy atom. The largest absolute Gasteiger partial charge is 0.461 e. The number of carbonyl (C=O) groups excluding carboxylic acids is 1. The molecule has 15 heteroatoms. The third-order valence-corrected chi connectivity index (χ3v) is 5.34. The van der Waals surface area contributed by atoms with Crippen LogP contribution in [0.1, 0.15) is 23.2 Å². The first-order valence-electron chi connectivity index (χ1n) is 10.8. The second-order valence-corrected chi connectivity index (χ2v) is 8.07. The average molecular weight is 538 g/mol. The Morgan fingerprint density at radius 3 is 2.57 bits per heavy atom. The van der Waals surface area contributed by atoms with Crippen LogP contribution in [0.4, 0.5) is 13.2 Å². The number of ether oxygens (including phenoxy) is 1. The molecule has 4 aromatic rings. The van der Waals surface area contributed by atoms with E-state index in [2.05, 4.69) is 20.2 Å². The average Bonchev–Trinajstić information content (AvgIpc) is 3.44. The second-order valence-electron chi connectivity index (χ2n) is 7.64. The molecule has 0 spiro atoms. The van der Waals surface area contributed by atoms with Crippen molar-refractivity contribution in [3.05, 3.63) is 75.9 Å². The van der Waals surface area contributed by atoms with Crippen molar-refractivity contribution in [2.24, 2.45) is 0 Å². The summed E-state index contributed by atoms with van der Waals surface area (Å²) in [5.41, 5.74) is -0.345. The number of pyridine rings is 1. The number of aliphatic hydroxyl groups excluding tert-OH is 1. The third-order valence-electron chi connectivity index (χ3n) is 5.09.